The fraction of sp³-hybridized carbons (Fsp3) is 0.538. The average Bonchev–Trinajstić information content (AvgIpc) is 2.37. The van der Waals surface area contributed by atoms with E-state index >= 15 is 0 Å². The minimum Gasteiger partial charge on any atom is -0.383 e. The molecule has 2 rings (SSSR count). The van der Waals surface area contributed by atoms with Gasteiger partial charge in [-0.05, 0) is 38.6 Å². The normalized spacial score (nSPS) is 20.2. The lowest BCUT2D eigenvalue weighted by Gasteiger charge is -2.32. The summed E-state index contributed by atoms with van der Waals surface area (Å²) in [5.41, 5.74) is 0.775. The minimum atomic E-state index is -0.471. The van der Waals surface area contributed by atoms with E-state index in [1.807, 2.05) is 0 Å². The van der Waals surface area contributed by atoms with Gasteiger partial charge < -0.3 is 10.2 Å². The topological polar surface area (TPSA) is 58.4 Å². The molecule has 0 bridgehead atoms. The fourth-order valence-electron chi connectivity index (χ4n) is 2.40. The van der Waals surface area contributed by atoms with Crippen LogP contribution in [-0.2, 0) is 0 Å². The molecule has 1 aliphatic heterocycles. The molecule has 1 saturated heterocycles. The Bertz CT molecular complexity index is 467. The first-order valence-corrected chi connectivity index (χ1v) is 6.84. The van der Waals surface area contributed by atoms with Crippen LogP contribution < -0.4 is 5.32 Å². The van der Waals surface area contributed by atoms with Crippen LogP contribution in [0.3, 0.4) is 0 Å². The van der Waals surface area contributed by atoms with E-state index in [2.05, 4.69) is 17.3 Å². The number of anilines is 1. The highest BCUT2D eigenvalue weighted by atomic mass is 35.5. The van der Waals surface area contributed by atoms with E-state index < -0.39 is 4.92 Å². The van der Waals surface area contributed by atoms with Crippen LogP contribution in [0.2, 0.25) is 5.02 Å². The third kappa shape index (κ3) is 3.58. The molecule has 5 nitrogen and oxygen atoms in total. The number of piperidine rings is 1. The molecule has 1 aromatic rings. The van der Waals surface area contributed by atoms with Gasteiger partial charge in [-0.3, -0.25) is 10.1 Å². The zero-order valence-corrected chi connectivity index (χ0v) is 11.7. The number of nitro groups is 1. The van der Waals surface area contributed by atoms with Gasteiger partial charge in [0.05, 0.1) is 4.92 Å². The van der Waals surface area contributed by atoms with E-state index in [4.69, 9.17) is 11.6 Å². The van der Waals surface area contributed by atoms with Gasteiger partial charge >= 0.3 is 0 Å². The first-order chi connectivity index (χ1) is 9.08. The Hall–Kier alpha value is -1.33. The molecular formula is C13H18ClN3O2. The Morgan fingerprint density at radius 2 is 2.32 bits per heavy atom. The summed E-state index contributed by atoms with van der Waals surface area (Å²) in [5, 5.41) is 14.2. The van der Waals surface area contributed by atoms with Crippen molar-refractivity contribution in [3.8, 4) is 0 Å². The van der Waals surface area contributed by atoms with Crippen molar-refractivity contribution in [1.29, 1.82) is 0 Å². The number of likely N-dealkylation sites (N-methyl/N-ethyl adjacent to an activating group) is 1. The van der Waals surface area contributed by atoms with Crippen LogP contribution in [0, 0.1) is 10.1 Å². The largest absolute Gasteiger partial charge is 0.383 e. The number of rotatable bonds is 4. The minimum absolute atomic E-state index is 0.0537. The van der Waals surface area contributed by atoms with Crippen LogP contribution in [0.4, 0.5) is 11.4 Å². The van der Waals surface area contributed by atoms with Crippen LogP contribution in [-0.4, -0.2) is 36.0 Å². The molecule has 1 atom stereocenters. The number of nitrogens with zero attached hydrogens (tertiary/aromatic N) is 2. The maximum Gasteiger partial charge on any atom is 0.288 e. The van der Waals surface area contributed by atoms with Crippen LogP contribution >= 0.6 is 11.6 Å². The number of nitro benzene ring substituents is 1. The lowest BCUT2D eigenvalue weighted by atomic mass is 10.0. The van der Waals surface area contributed by atoms with E-state index in [0.717, 1.165) is 18.8 Å². The van der Waals surface area contributed by atoms with E-state index in [1.54, 1.807) is 12.1 Å². The predicted octanol–water partition coefficient (Wildman–Crippen LogP) is 3.14. The van der Waals surface area contributed by atoms with Gasteiger partial charge in [0, 0.05) is 24.3 Å². The number of benzene rings is 1. The number of hydrogen-bond donors (Lipinski definition) is 1. The third-order valence-corrected chi connectivity index (χ3v) is 3.91. The molecule has 1 heterocycles. The van der Waals surface area contributed by atoms with Gasteiger partial charge in [-0.25, -0.2) is 0 Å². The highest BCUT2D eigenvalue weighted by Gasteiger charge is 2.18. The van der Waals surface area contributed by atoms with Gasteiger partial charge in [0.2, 0.25) is 0 Å². The Balaban J connectivity index is 1.96. The summed E-state index contributed by atoms with van der Waals surface area (Å²) in [7, 11) is 2.13. The van der Waals surface area contributed by atoms with Crippen LogP contribution in [0.5, 0.6) is 0 Å². The maximum absolute atomic E-state index is 10.7. The maximum atomic E-state index is 10.7. The molecule has 0 saturated carbocycles. The summed E-state index contributed by atoms with van der Waals surface area (Å²) in [6, 6.07) is 5.27. The Labute approximate surface area is 117 Å². The van der Waals surface area contributed by atoms with Gasteiger partial charge in [0.25, 0.3) is 5.69 Å². The van der Waals surface area contributed by atoms with Gasteiger partial charge in [0.15, 0.2) is 0 Å². The molecule has 0 amide bonds. The van der Waals surface area contributed by atoms with Crippen molar-refractivity contribution in [3.05, 3.63) is 33.3 Å². The van der Waals surface area contributed by atoms with Crippen molar-refractivity contribution >= 4 is 23.0 Å². The zero-order chi connectivity index (χ0) is 13.8. The summed E-state index contributed by atoms with van der Waals surface area (Å²) in [4.78, 5) is 12.6. The second-order valence-electron chi connectivity index (χ2n) is 4.93. The SMILES string of the molecule is CN1CCCCC1CNc1ccc([N+](=O)[O-])c(Cl)c1. The van der Waals surface area contributed by atoms with E-state index in [-0.39, 0.29) is 10.7 Å². The van der Waals surface area contributed by atoms with Gasteiger partial charge in [-0.15, -0.1) is 0 Å². The molecule has 1 aliphatic rings. The molecular weight excluding hydrogens is 266 g/mol. The van der Waals surface area contributed by atoms with Crippen molar-refractivity contribution in [3.63, 3.8) is 0 Å². The van der Waals surface area contributed by atoms with Crippen molar-refractivity contribution in [2.45, 2.75) is 25.3 Å². The Morgan fingerprint density at radius 3 is 2.95 bits per heavy atom. The quantitative estimate of drug-likeness (QED) is 0.681. The van der Waals surface area contributed by atoms with Gasteiger partial charge in [-0.1, -0.05) is 18.0 Å². The molecule has 1 N–H and O–H groups in total. The van der Waals surface area contributed by atoms with Gasteiger partial charge in [0.1, 0.15) is 5.02 Å². The summed E-state index contributed by atoms with van der Waals surface area (Å²) in [5.74, 6) is 0. The van der Waals surface area contributed by atoms with Crippen LogP contribution in [0.1, 0.15) is 19.3 Å². The molecule has 1 fully saturated rings. The predicted molar refractivity (Wildman–Crippen MR) is 76.9 cm³/mol. The van der Waals surface area contributed by atoms with Crippen molar-refractivity contribution < 1.29 is 4.92 Å². The third-order valence-electron chi connectivity index (χ3n) is 3.61. The highest BCUT2D eigenvalue weighted by molar-refractivity contribution is 6.32. The Kier molecular flexibility index (Phi) is 4.61. The number of likely N-dealkylation sites (tertiary alicyclic amines) is 1. The second kappa shape index (κ2) is 6.21. The molecule has 0 aliphatic carbocycles. The fourth-order valence-corrected chi connectivity index (χ4v) is 2.65. The second-order valence-corrected chi connectivity index (χ2v) is 5.34. The van der Waals surface area contributed by atoms with E-state index in [0.29, 0.717) is 6.04 Å². The summed E-state index contributed by atoms with van der Waals surface area (Å²) < 4.78 is 0. The van der Waals surface area contributed by atoms with E-state index in [9.17, 15) is 10.1 Å². The molecule has 6 heteroatoms. The summed E-state index contributed by atoms with van der Waals surface area (Å²) in [6.07, 6.45) is 3.71. The van der Waals surface area contributed by atoms with Crippen molar-refractivity contribution in [1.82, 2.24) is 4.90 Å². The van der Waals surface area contributed by atoms with Crippen molar-refractivity contribution in [2.75, 3.05) is 25.5 Å². The first-order valence-electron chi connectivity index (χ1n) is 6.46. The molecule has 1 unspecified atom stereocenters. The number of halogens is 1. The molecule has 1 aromatic carbocycles. The smallest absolute Gasteiger partial charge is 0.288 e. The van der Waals surface area contributed by atoms with Crippen LogP contribution in [0.15, 0.2) is 18.2 Å². The van der Waals surface area contributed by atoms with Crippen molar-refractivity contribution in [2.24, 2.45) is 0 Å². The summed E-state index contributed by atoms with van der Waals surface area (Å²) >= 11 is 5.88. The average molecular weight is 284 g/mol. The lowest BCUT2D eigenvalue weighted by Crippen LogP contribution is -2.40. The van der Waals surface area contributed by atoms with Crippen LogP contribution in [0.25, 0.3) is 0 Å². The van der Waals surface area contributed by atoms with Gasteiger partial charge in [-0.2, -0.15) is 0 Å². The van der Waals surface area contributed by atoms with E-state index in [1.165, 1.54) is 25.3 Å². The molecule has 0 spiro atoms. The highest BCUT2D eigenvalue weighted by Crippen LogP contribution is 2.27. The number of hydrogen-bond acceptors (Lipinski definition) is 4. The zero-order valence-electron chi connectivity index (χ0n) is 10.9. The standard InChI is InChI=1S/C13H18ClN3O2/c1-16-7-3-2-4-11(16)9-15-10-5-6-13(17(18)19)12(14)8-10/h5-6,8,11,15H,2-4,7,9H2,1H3. The lowest BCUT2D eigenvalue weighted by molar-refractivity contribution is -0.384. The summed E-state index contributed by atoms with van der Waals surface area (Å²) in [6.45, 7) is 1.97. The molecule has 0 radical (unpaired) electrons. The monoisotopic (exact) mass is 283 g/mol. The number of nitrogens with one attached hydrogen (secondary N) is 1. The first kappa shape index (κ1) is 14.1. The molecule has 19 heavy (non-hydrogen) atoms. The Morgan fingerprint density at radius 1 is 1.53 bits per heavy atom. The molecule has 0 aromatic heterocycles. The molecule has 104 valence electrons.